The van der Waals surface area contributed by atoms with E-state index in [4.69, 9.17) is 10.5 Å². The van der Waals surface area contributed by atoms with Crippen molar-refractivity contribution in [3.8, 4) is 5.75 Å². The molecule has 0 aromatic heterocycles. The summed E-state index contributed by atoms with van der Waals surface area (Å²) in [6, 6.07) is 7.48. The number of benzene rings is 1. The minimum atomic E-state index is -0.0592. The first-order chi connectivity index (χ1) is 9.11. The lowest BCUT2D eigenvalue weighted by molar-refractivity contribution is -0.123. The zero-order valence-electron chi connectivity index (χ0n) is 11.4. The summed E-state index contributed by atoms with van der Waals surface area (Å²) in [4.78, 5) is 11.7. The smallest absolute Gasteiger partial charge is 0.257 e. The Bertz CT molecular complexity index is 424. The molecule has 1 aliphatic rings. The van der Waals surface area contributed by atoms with Gasteiger partial charge in [0.1, 0.15) is 5.75 Å². The molecule has 1 amide bonds. The molecule has 1 aliphatic carbocycles. The standard InChI is InChI=1S/C15H22N2O2/c1-15(7-2-8-15)11-17-14(18)10-19-13-5-3-12(9-16)4-6-13/h3-6H,2,7-11,16H2,1H3,(H,17,18). The molecule has 4 nitrogen and oxygen atoms in total. The molecule has 0 unspecified atom stereocenters. The summed E-state index contributed by atoms with van der Waals surface area (Å²) in [6.07, 6.45) is 3.68. The van der Waals surface area contributed by atoms with E-state index in [1.165, 1.54) is 19.3 Å². The van der Waals surface area contributed by atoms with Crippen molar-refractivity contribution in [3.05, 3.63) is 29.8 Å². The molecule has 0 atom stereocenters. The van der Waals surface area contributed by atoms with Gasteiger partial charge in [0.15, 0.2) is 6.61 Å². The minimum Gasteiger partial charge on any atom is -0.484 e. The number of amides is 1. The Balaban J connectivity index is 1.70. The zero-order chi connectivity index (χ0) is 13.7. The van der Waals surface area contributed by atoms with Crippen LogP contribution in [0.3, 0.4) is 0 Å². The summed E-state index contributed by atoms with van der Waals surface area (Å²) in [7, 11) is 0. The SMILES string of the molecule is CC1(CNC(=O)COc2ccc(CN)cc2)CCC1. The molecule has 0 radical (unpaired) electrons. The van der Waals surface area contributed by atoms with Gasteiger partial charge in [-0.2, -0.15) is 0 Å². The fourth-order valence-corrected chi connectivity index (χ4v) is 2.19. The maximum Gasteiger partial charge on any atom is 0.257 e. The Labute approximate surface area is 114 Å². The number of hydrogen-bond acceptors (Lipinski definition) is 3. The third-order valence-electron chi connectivity index (χ3n) is 3.80. The van der Waals surface area contributed by atoms with Crippen LogP contribution in [0.1, 0.15) is 31.7 Å². The molecule has 0 aliphatic heterocycles. The molecule has 0 saturated heterocycles. The normalized spacial score (nSPS) is 16.5. The highest BCUT2D eigenvalue weighted by Crippen LogP contribution is 2.39. The summed E-state index contributed by atoms with van der Waals surface area (Å²) < 4.78 is 5.43. The topological polar surface area (TPSA) is 64.3 Å². The number of rotatable bonds is 6. The third kappa shape index (κ3) is 3.96. The third-order valence-corrected chi connectivity index (χ3v) is 3.80. The summed E-state index contributed by atoms with van der Waals surface area (Å²) in [5.41, 5.74) is 6.87. The molecule has 3 N–H and O–H groups in total. The van der Waals surface area contributed by atoms with Gasteiger partial charge in [-0.05, 0) is 36.0 Å². The quantitative estimate of drug-likeness (QED) is 0.822. The average Bonchev–Trinajstić information content (AvgIpc) is 2.41. The fraction of sp³-hybridized carbons (Fsp3) is 0.533. The van der Waals surface area contributed by atoms with Crippen molar-refractivity contribution < 1.29 is 9.53 Å². The fourth-order valence-electron chi connectivity index (χ4n) is 2.19. The molecule has 1 aromatic carbocycles. The van der Waals surface area contributed by atoms with Crippen LogP contribution >= 0.6 is 0 Å². The zero-order valence-corrected chi connectivity index (χ0v) is 11.4. The van der Waals surface area contributed by atoms with Gasteiger partial charge in [0.05, 0.1) is 0 Å². The number of carbonyl (C=O) groups excluding carboxylic acids is 1. The monoisotopic (exact) mass is 262 g/mol. The van der Waals surface area contributed by atoms with Crippen molar-refractivity contribution in [2.45, 2.75) is 32.7 Å². The highest BCUT2D eigenvalue weighted by Gasteiger charge is 2.31. The molecule has 1 aromatic rings. The lowest BCUT2D eigenvalue weighted by Crippen LogP contribution is -2.41. The highest BCUT2D eigenvalue weighted by atomic mass is 16.5. The number of nitrogens with two attached hydrogens (primary N) is 1. The van der Waals surface area contributed by atoms with Crippen LogP contribution in [0.5, 0.6) is 5.75 Å². The van der Waals surface area contributed by atoms with Crippen LogP contribution in [0.25, 0.3) is 0 Å². The van der Waals surface area contributed by atoms with Crippen molar-refractivity contribution in [1.82, 2.24) is 5.32 Å². The van der Waals surface area contributed by atoms with Crippen molar-refractivity contribution in [2.24, 2.45) is 11.1 Å². The largest absolute Gasteiger partial charge is 0.484 e. The number of nitrogens with one attached hydrogen (secondary N) is 1. The van der Waals surface area contributed by atoms with Gasteiger partial charge in [-0.15, -0.1) is 0 Å². The van der Waals surface area contributed by atoms with Crippen LogP contribution in [-0.2, 0) is 11.3 Å². The van der Waals surface area contributed by atoms with E-state index in [1.807, 2.05) is 24.3 Å². The lowest BCUT2D eigenvalue weighted by atomic mass is 9.70. The van der Waals surface area contributed by atoms with Crippen LogP contribution in [0.2, 0.25) is 0 Å². The Kier molecular flexibility index (Phi) is 4.43. The molecule has 104 valence electrons. The van der Waals surface area contributed by atoms with Crippen molar-refractivity contribution in [1.29, 1.82) is 0 Å². The number of ether oxygens (including phenoxy) is 1. The maximum atomic E-state index is 11.7. The molecular formula is C15H22N2O2. The van der Waals surface area contributed by atoms with Gasteiger partial charge in [-0.3, -0.25) is 4.79 Å². The molecule has 0 spiro atoms. The van der Waals surface area contributed by atoms with Crippen LogP contribution in [-0.4, -0.2) is 19.1 Å². The first-order valence-corrected chi connectivity index (χ1v) is 6.80. The van der Waals surface area contributed by atoms with Crippen molar-refractivity contribution >= 4 is 5.91 Å². The van der Waals surface area contributed by atoms with E-state index in [-0.39, 0.29) is 12.5 Å². The van der Waals surface area contributed by atoms with Crippen LogP contribution < -0.4 is 15.8 Å². The second-order valence-corrected chi connectivity index (χ2v) is 5.58. The molecule has 19 heavy (non-hydrogen) atoms. The number of hydrogen-bond donors (Lipinski definition) is 2. The molecule has 0 bridgehead atoms. The first kappa shape index (κ1) is 13.9. The van der Waals surface area contributed by atoms with E-state index in [9.17, 15) is 4.79 Å². The first-order valence-electron chi connectivity index (χ1n) is 6.80. The summed E-state index contributed by atoms with van der Waals surface area (Å²) in [6.45, 7) is 3.54. The second-order valence-electron chi connectivity index (χ2n) is 5.58. The molecular weight excluding hydrogens is 240 g/mol. The highest BCUT2D eigenvalue weighted by molar-refractivity contribution is 5.77. The Morgan fingerprint density at radius 2 is 2.05 bits per heavy atom. The summed E-state index contributed by atoms with van der Waals surface area (Å²) in [5.74, 6) is 0.637. The van der Waals surface area contributed by atoms with E-state index in [0.717, 1.165) is 12.1 Å². The van der Waals surface area contributed by atoms with E-state index in [1.54, 1.807) is 0 Å². The van der Waals surface area contributed by atoms with E-state index < -0.39 is 0 Å². The van der Waals surface area contributed by atoms with Crippen molar-refractivity contribution in [2.75, 3.05) is 13.2 Å². The van der Waals surface area contributed by atoms with Gasteiger partial charge in [-0.25, -0.2) is 0 Å². The number of carbonyl (C=O) groups is 1. The Morgan fingerprint density at radius 1 is 1.37 bits per heavy atom. The predicted octanol–water partition coefficient (Wildman–Crippen LogP) is 1.83. The van der Waals surface area contributed by atoms with Crippen LogP contribution in [0.4, 0.5) is 0 Å². The van der Waals surface area contributed by atoms with E-state index in [2.05, 4.69) is 12.2 Å². The van der Waals surface area contributed by atoms with Gasteiger partial charge in [0, 0.05) is 13.1 Å². The molecule has 0 heterocycles. The molecule has 4 heteroatoms. The van der Waals surface area contributed by atoms with Gasteiger partial charge < -0.3 is 15.8 Å². The predicted molar refractivity (Wildman–Crippen MR) is 74.8 cm³/mol. The second kappa shape index (κ2) is 6.06. The Hall–Kier alpha value is -1.55. The Morgan fingerprint density at radius 3 is 2.58 bits per heavy atom. The van der Waals surface area contributed by atoms with Gasteiger partial charge >= 0.3 is 0 Å². The van der Waals surface area contributed by atoms with Crippen LogP contribution in [0, 0.1) is 5.41 Å². The van der Waals surface area contributed by atoms with Crippen LogP contribution in [0.15, 0.2) is 24.3 Å². The van der Waals surface area contributed by atoms with Gasteiger partial charge in [-0.1, -0.05) is 25.5 Å². The van der Waals surface area contributed by atoms with E-state index >= 15 is 0 Å². The van der Waals surface area contributed by atoms with Gasteiger partial charge in [0.2, 0.25) is 0 Å². The summed E-state index contributed by atoms with van der Waals surface area (Å²) in [5, 5.41) is 2.93. The minimum absolute atomic E-state index is 0.0592. The summed E-state index contributed by atoms with van der Waals surface area (Å²) >= 11 is 0. The molecule has 1 saturated carbocycles. The lowest BCUT2D eigenvalue weighted by Gasteiger charge is -2.38. The van der Waals surface area contributed by atoms with Crippen molar-refractivity contribution in [3.63, 3.8) is 0 Å². The maximum absolute atomic E-state index is 11.7. The van der Waals surface area contributed by atoms with Gasteiger partial charge in [0.25, 0.3) is 5.91 Å². The average molecular weight is 262 g/mol. The molecule has 1 fully saturated rings. The molecule has 2 rings (SSSR count). The van der Waals surface area contributed by atoms with E-state index in [0.29, 0.717) is 17.7 Å².